The fourth-order valence-corrected chi connectivity index (χ4v) is 3.84. The van der Waals surface area contributed by atoms with Crippen molar-refractivity contribution in [3.05, 3.63) is 36.5 Å². The van der Waals surface area contributed by atoms with Gasteiger partial charge in [0.25, 0.3) is 0 Å². The van der Waals surface area contributed by atoms with Crippen molar-refractivity contribution in [2.45, 2.75) is 0 Å². The highest BCUT2D eigenvalue weighted by molar-refractivity contribution is 5.92. The molecule has 2 aromatic rings. The molecule has 0 aliphatic carbocycles. The molecular weight excluding hydrogens is 264 g/mol. The maximum Gasteiger partial charge on any atom is 0.136 e. The predicted octanol–water partition coefficient (Wildman–Crippen LogP) is 2.33. The second-order valence-corrected chi connectivity index (χ2v) is 6.24. The zero-order valence-electron chi connectivity index (χ0n) is 12.3. The van der Waals surface area contributed by atoms with Crippen LogP contribution < -0.4 is 4.90 Å². The summed E-state index contributed by atoms with van der Waals surface area (Å²) < 4.78 is 11.2. The van der Waals surface area contributed by atoms with Gasteiger partial charge in [-0.2, -0.15) is 0 Å². The third kappa shape index (κ3) is 2.01. The molecule has 0 saturated carbocycles. The lowest BCUT2D eigenvalue weighted by Crippen LogP contribution is -2.35. The third-order valence-corrected chi connectivity index (χ3v) is 4.91. The number of aromatic nitrogens is 1. The van der Waals surface area contributed by atoms with E-state index in [9.17, 15) is 0 Å². The normalized spacial score (nSPS) is 28.2. The van der Waals surface area contributed by atoms with Gasteiger partial charge in [-0.25, -0.2) is 4.98 Å². The second kappa shape index (κ2) is 4.97. The molecule has 1 aromatic carbocycles. The van der Waals surface area contributed by atoms with Crippen molar-refractivity contribution in [2.24, 2.45) is 11.3 Å². The van der Waals surface area contributed by atoms with Crippen molar-refractivity contribution < 1.29 is 9.47 Å². The highest BCUT2D eigenvalue weighted by atomic mass is 16.5. The minimum atomic E-state index is 0.132. The number of anilines is 1. The van der Waals surface area contributed by atoms with Crippen LogP contribution in [0.3, 0.4) is 0 Å². The van der Waals surface area contributed by atoms with Gasteiger partial charge in [0.2, 0.25) is 0 Å². The molecule has 21 heavy (non-hydrogen) atoms. The Kier molecular flexibility index (Phi) is 3.08. The zero-order valence-corrected chi connectivity index (χ0v) is 12.3. The van der Waals surface area contributed by atoms with Crippen LogP contribution in [0.5, 0.6) is 0 Å². The Morgan fingerprint density at radius 3 is 3.19 bits per heavy atom. The Hall–Kier alpha value is -1.65. The van der Waals surface area contributed by atoms with E-state index < -0.39 is 0 Å². The van der Waals surface area contributed by atoms with Crippen LogP contribution in [-0.4, -0.2) is 45.0 Å². The van der Waals surface area contributed by atoms with Gasteiger partial charge in [0.05, 0.1) is 19.8 Å². The Balaban J connectivity index is 1.71. The van der Waals surface area contributed by atoms with E-state index in [-0.39, 0.29) is 5.41 Å². The summed E-state index contributed by atoms with van der Waals surface area (Å²) in [5.41, 5.74) is 0.132. The molecule has 0 bridgehead atoms. The predicted molar refractivity (Wildman–Crippen MR) is 82.6 cm³/mol. The maximum atomic E-state index is 5.71. The van der Waals surface area contributed by atoms with Gasteiger partial charge < -0.3 is 14.4 Å². The fourth-order valence-electron chi connectivity index (χ4n) is 3.84. The van der Waals surface area contributed by atoms with Crippen molar-refractivity contribution in [3.63, 3.8) is 0 Å². The number of fused-ring (bicyclic) bond motifs is 2. The maximum absolute atomic E-state index is 5.71. The second-order valence-electron chi connectivity index (χ2n) is 6.24. The number of ether oxygens (including phenoxy) is 2. The first-order valence-electron chi connectivity index (χ1n) is 7.48. The zero-order chi connectivity index (χ0) is 14.3. The molecule has 3 heterocycles. The van der Waals surface area contributed by atoms with Crippen LogP contribution in [0.15, 0.2) is 36.5 Å². The first-order chi connectivity index (χ1) is 10.3. The Bertz CT molecular complexity index is 655. The summed E-state index contributed by atoms with van der Waals surface area (Å²) in [5.74, 6) is 1.64. The number of hydrogen-bond donors (Lipinski definition) is 0. The molecule has 0 spiro atoms. The molecule has 110 valence electrons. The Morgan fingerprint density at radius 2 is 2.29 bits per heavy atom. The third-order valence-electron chi connectivity index (χ3n) is 4.91. The average molecular weight is 284 g/mol. The lowest BCUT2D eigenvalue weighted by molar-refractivity contribution is 0.0660. The van der Waals surface area contributed by atoms with Crippen LogP contribution in [0.2, 0.25) is 0 Å². The van der Waals surface area contributed by atoms with E-state index in [1.807, 2.05) is 6.20 Å². The van der Waals surface area contributed by atoms with E-state index >= 15 is 0 Å². The van der Waals surface area contributed by atoms with Crippen LogP contribution in [-0.2, 0) is 9.47 Å². The summed E-state index contributed by atoms with van der Waals surface area (Å²) in [6.45, 7) is 4.37. The van der Waals surface area contributed by atoms with Gasteiger partial charge in [-0.3, -0.25) is 0 Å². The number of hydrogen-bond acceptors (Lipinski definition) is 4. The number of methoxy groups -OCH3 is 1. The first-order valence-corrected chi connectivity index (χ1v) is 7.48. The van der Waals surface area contributed by atoms with E-state index in [0.717, 1.165) is 38.7 Å². The summed E-state index contributed by atoms with van der Waals surface area (Å²) in [7, 11) is 1.78. The molecule has 4 nitrogen and oxygen atoms in total. The molecule has 2 fully saturated rings. The quantitative estimate of drug-likeness (QED) is 0.866. The van der Waals surface area contributed by atoms with Crippen molar-refractivity contribution >= 4 is 16.6 Å². The number of nitrogens with zero attached hydrogens (tertiary/aromatic N) is 2. The summed E-state index contributed by atoms with van der Waals surface area (Å²) in [4.78, 5) is 7.06. The van der Waals surface area contributed by atoms with Crippen molar-refractivity contribution in [3.8, 4) is 0 Å². The molecule has 1 aromatic heterocycles. The van der Waals surface area contributed by atoms with Gasteiger partial charge in [-0.15, -0.1) is 0 Å². The fraction of sp³-hybridized carbons (Fsp3) is 0.471. The SMILES string of the molecule is COC[C@@]12COC[C@@H]1CN(c1nccc3ccccc13)C2. The number of rotatable bonds is 3. The molecule has 2 aliphatic rings. The van der Waals surface area contributed by atoms with E-state index in [0.29, 0.717) is 5.92 Å². The largest absolute Gasteiger partial charge is 0.384 e. The summed E-state index contributed by atoms with van der Waals surface area (Å²) in [5, 5.41) is 2.48. The molecular formula is C17H20N2O2. The number of benzene rings is 1. The van der Waals surface area contributed by atoms with Gasteiger partial charge in [-0.1, -0.05) is 24.3 Å². The average Bonchev–Trinajstić information content (AvgIpc) is 3.03. The van der Waals surface area contributed by atoms with Crippen LogP contribution >= 0.6 is 0 Å². The molecule has 4 rings (SSSR count). The van der Waals surface area contributed by atoms with Gasteiger partial charge >= 0.3 is 0 Å². The summed E-state index contributed by atoms with van der Waals surface area (Å²) >= 11 is 0. The summed E-state index contributed by atoms with van der Waals surface area (Å²) in [6, 6.07) is 10.5. The summed E-state index contributed by atoms with van der Waals surface area (Å²) in [6.07, 6.45) is 1.91. The molecule has 0 unspecified atom stereocenters. The van der Waals surface area contributed by atoms with Crippen LogP contribution in [0.1, 0.15) is 0 Å². The molecule has 0 N–H and O–H groups in total. The van der Waals surface area contributed by atoms with E-state index in [1.165, 1.54) is 10.8 Å². The highest BCUT2D eigenvalue weighted by Crippen LogP contribution is 2.43. The molecule has 0 radical (unpaired) electrons. The van der Waals surface area contributed by atoms with Crippen LogP contribution in [0.4, 0.5) is 5.82 Å². The van der Waals surface area contributed by atoms with Gasteiger partial charge in [-0.05, 0) is 11.5 Å². The topological polar surface area (TPSA) is 34.6 Å². The van der Waals surface area contributed by atoms with Crippen molar-refractivity contribution in [1.29, 1.82) is 0 Å². The molecule has 4 heteroatoms. The van der Waals surface area contributed by atoms with Crippen LogP contribution in [0.25, 0.3) is 10.8 Å². The van der Waals surface area contributed by atoms with Crippen LogP contribution in [0, 0.1) is 11.3 Å². The molecule has 2 aliphatic heterocycles. The lowest BCUT2D eigenvalue weighted by Gasteiger charge is -2.26. The van der Waals surface area contributed by atoms with E-state index in [1.54, 1.807) is 7.11 Å². The van der Waals surface area contributed by atoms with Gasteiger partial charge in [0.1, 0.15) is 5.82 Å². The Labute approximate surface area is 124 Å². The van der Waals surface area contributed by atoms with Gasteiger partial charge in [0.15, 0.2) is 0 Å². The van der Waals surface area contributed by atoms with E-state index in [2.05, 4.69) is 40.2 Å². The highest BCUT2D eigenvalue weighted by Gasteiger charge is 2.51. The smallest absolute Gasteiger partial charge is 0.136 e. The van der Waals surface area contributed by atoms with Crippen molar-refractivity contribution in [2.75, 3.05) is 44.9 Å². The lowest BCUT2D eigenvalue weighted by atomic mass is 9.82. The number of pyridine rings is 1. The standard InChI is InChI=1S/C17H20N2O2/c1-20-11-17-10-19(8-14(17)9-21-12-17)16-15-5-3-2-4-13(15)6-7-18-16/h2-7,14H,8-12H2,1H3/t14-,17-/m0/s1. The molecule has 2 saturated heterocycles. The molecule has 2 atom stereocenters. The minimum absolute atomic E-state index is 0.132. The van der Waals surface area contributed by atoms with Crippen molar-refractivity contribution in [1.82, 2.24) is 4.98 Å². The van der Waals surface area contributed by atoms with E-state index in [4.69, 9.17) is 9.47 Å². The van der Waals surface area contributed by atoms with Gasteiger partial charge in [0, 0.05) is 43.1 Å². The monoisotopic (exact) mass is 284 g/mol. The Morgan fingerprint density at radius 1 is 1.38 bits per heavy atom. The molecule has 0 amide bonds. The minimum Gasteiger partial charge on any atom is -0.384 e. The first kappa shape index (κ1) is 13.0.